The van der Waals surface area contributed by atoms with Crippen LogP contribution in [-0.4, -0.2) is 43.0 Å². The Labute approximate surface area is 116 Å². The van der Waals surface area contributed by atoms with Gasteiger partial charge in [0.05, 0.1) is 6.04 Å². The highest BCUT2D eigenvalue weighted by molar-refractivity contribution is 7.89. The number of sulfonamides is 1. The first-order chi connectivity index (χ1) is 9.27. The zero-order valence-electron chi connectivity index (χ0n) is 11.1. The Morgan fingerprint density at radius 1 is 1.45 bits per heavy atom. The van der Waals surface area contributed by atoms with Gasteiger partial charge in [-0.3, -0.25) is 4.79 Å². The molecule has 112 valence electrons. The second-order valence-electron chi connectivity index (χ2n) is 4.19. The lowest BCUT2D eigenvalue weighted by Gasteiger charge is -2.13. The van der Waals surface area contributed by atoms with Crippen molar-refractivity contribution in [3.63, 3.8) is 0 Å². The molecule has 0 aromatic carbocycles. The van der Waals surface area contributed by atoms with E-state index in [2.05, 4.69) is 15.0 Å². The molecule has 1 amide bonds. The van der Waals surface area contributed by atoms with Gasteiger partial charge in [0.15, 0.2) is 0 Å². The van der Waals surface area contributed by atoms with E-state index in [0.717, 1.165) is 18.7 Å². The van der Waals surface area contributed by atoms with Gasteiger partial charge in [-0.2, -0.15) is 4.72 Å². The van der Waals surface area contributed by atoms with E-state index < -0.39 is 27.9 Å². The lowest BCUT2D eigenvalue weighted by atomic mass is 10.3. The number of aromatic amines is 1. The maximum Gasteiger partial charge on any atom is 0.352 e. The molecule has 1 aromatic heterocycles. The van der Waals surface area contributed by atoms with Crippen LogP contribution in [0.15, 0.2) is 17.2 Å². The predicted octanol–water partition coefficient (Wildman–Crippen LogP) is -0.0941. The summed E-state index contributed by atoms with van der Waals surface area (Å²) < 4.78 is 26.1. The summed E-state index contributed by atoms with van der Waals surface area (Å²) in [7, 11) is -3.95. The molecule has 1 heterocycles. The summed E-state index contributed by atoms with van der Waals surface area (Å²) in [4.78, 5) is 24.4. The van der Waals surface area contributed by atoms with E-state index in [1.807, 2.05) is 6.92 Å². The molecule has 0 aliphatic heterocycles. The third-order valence-electron chi connectivity index (χ3n) is 2.47. The number of carboxylic acid groups (broad SMARTS) is 1. The van der Waals surface area contributed by atoms with Crippen LogP contribution in [0.3, 0.4) is 0 Å². The molecule has 8 nitrogen and oxygen atoms in total. The van der Waals surface area contributed by atoms with E-state index in [-0.39, 0.29) is 10.6 Å². The van der Waals surface area contributed by atoms with Crippen LogP contribution in [0, 0.1) is 0 Å². The number of H-pyrrole nitrogens is 1. The molecule has 4 N–H and O–H groups in total. The molecule has 0 aliphatic rings. The first kappa shape index (κ1) is 16.2. The molecule has 20 heavy (non-hydrogen) atoms. The van der Waals surface area contributed by atoms with Crippen molar-refractivity contribution in [2.24, 2.45) is 0 Å². The van der Waals surface area contributed by atoms with E-state index in [4.69, 9.17) is 5.11 Å². The van der Waals surface area contributed by atoms with Gasteiger partial charge in [0, 0.05) is 12.7 Å². The Balaban J connectivity index is 2.78. The van der Waals surface area contributed by atoms with Crippen LogP contribution < -0.4 is 10.0 Å². The third-order valence-corrected chi connectivity index (χ3v) is 3.99. The summed E-state index contributed by atoms with van der Waals surface area (Å²) in [6, 6.07) is 0.0381. The number of nitrogens with one attached hydrogen (secondary N) is 3. The minimum atomic E-state index is -3.95. The van der Waals surface area contributed by atoms with E-state index in [1.54, 1.807) is 0 Å². The van der Waals surface area contributed by atoms with Crippen molar-refractivity contribution in [2.75, 3.05) is 6.54 Å². The van der Waals surface area contributed by atoms with Crippen molar-refractivity contribution in [3.05, 3.63) is 18.0 Å². The average molecular weight is 303 g/mol. The van der Waals surface area contributed by atoms with Crippen molar-refractivity contribution in [1.29, 1.82) is 0 Å². The predicted molar refractivity (Wildman–Crippen MR) is 70.8 cm³/mol. The van der Waals surface area contributed by atoms with Gasteiger partial charge in [0.2, 0.25) is 15.9 Å². The number of carboxylic acids is 1. The molecule has 1 atom stereocenters. The van der Waals surface area contributed by atoms with Crippen molar-refractivity contribution >= 4 is 21.9 Å². The molecule has 1 aromatic rings. The van der Waals surface area contributed by atoms with Crippen LogP contribution in [0.1, 0.15) is 30.8 Å². The fourth-order valence-electron chi connectivity index (χ4n) is 1.41. The largest absolute Gasteiger partial charge is 0.477 e. The number of hydrogen-bond donors (Lipinski definition) is 4. The molecule has 0 saturated carbocycles. The Kier molecular flexibility index (Phi) is 5.28. The van der Waals surface area contributed by atoms with Crippen LogP contribution in [0.2, 0.25) is 0 Å². The number of aromatic carboxylic acids is 1. The van der Waals surface area contributed by atoms with E-state index in [1.165, 1.54) is 6.92 Å². The monoisotopic (exact) mass is 303 g/mol. The van der Waals surface area contributed by atoms with Gasteiger partial charge in [-0.1, -0.05) is 6.92 Å². The normalized spacial score (nSPS) is 12.9. The topological polar surface area (TPSA) is 128 Å². The number of carbonyl (C=O) groups excluding carboxylic acids is 1. The lowest BCUT2D eigenvalue weighted by molar-refractivity contribution is -0.122. The second-order valence-corrected chi connectivity index (χ2v) is 5.90. The van der Waals surface area contributed by atoms with Crippen molar-refractivity contribution in [2.45, 2.75) is 31.2 Å². The molecule has 0 radical (unpaired) electrons. The Hall–Kier alpha value is -1.87. The number of amides is 1. The number of carbonyl (C=O) groups is 2. The van der Waals surface area contributed by atoms with Crippen LogP contribution in [0.25, 0.3) is 0 Å². The summed E-state index contributed by atoms with van der Waals surface area (Å²) >= 11 is 0. The highest BCUT2D eigenvalue weighted by atomic mass is 32.2. The van der Waals surface area contributed by atoms with Crippen LogP contribution in [-0.2, 0) is 14.8 Å². The highest BCUT2D eigenvalue weighted by Crippen LogP contribution is 2.11. The Morgan fingerprint density at radius 2 is 2.10 bits per heavy atom. The van der Waals surface area contributed by atoms with E-state index >= 15 is 0 Å². The molecule has 0 saturated heterocycles. The minimum Gasteiger partial charge on any atom is -0.477 e. The first-order valence-corrected chi connectivity index (χ1v) is 7.48. The summed E-state index contributed by atoms with van der Waals surface area (Å²) in [5.41, 5.74) is -0.242. The quantitative estimate of drug-likeness (QED) is 0.559. The van der Waals surface area contributed by atoms with Gasteiger partial charge >= 0.3 is 5.97 Å². The Bertz CT molecular complexity index is 593. The van der Waals surface area contributed by atoms with Crippen LogP contribution in [0.5, 0.6) is 0 Å². The summed E-state index contributed by atoms with van der Waals surface area (Å²) in [5.74, 6) is -1.70. The molecular weight excluding hydrogens is 286 g/mol. The summed E-state index contributed by atoms with van der Waals surface area (Å²) in [5, 5.41) is 11.3. The number of rotatable bonds is 7. The smallest absolute Gasteiger partial charge is 0.352 e. The molecule has 0 aliphatic carbocycles. The van der Waals surface area contributed by atoms with Crippen molar-refractivity contribution in [1.82, 2.24) is 15.0 Å². The van der Waals surface area contributed by atoms with Gasteiger partial charge in [0.1, 0.15) is 10.6 Å². The number of aromatic nitrogens is 1. The molecule has 9 heteroatoms. The molecule has 0 bridgehead atoms. The minimum absolute atomic E-state index is 0.231. The van der Waals surface area contributed by atoms with Gasteiger partial charge in [-0.25, -0.2) is 13.2 Å². The molecule has 0 spiro atoms. The third kappa shape index (κ3) is 4.07. The molecule has 1 unspecified atom stereocenters. The lowest BCUT2D eigenvalue weighted by Crippen LogP contribution is -2.44. The molecular formula is C11H17N3O5S. The SMILES string of the molecule is CCCNC(=O)C(C)NS(=O)(=O)c1c[nH]c(C(=O)O)c1. The van der Waals surface area contributed by atoms with E-state index in [0.29, 0.717) is 6.54 Å². The zero-order chi connectivity index (χ0) is 15.3. The maximum absolute atomic E-state index is 12.0. The second kappa shape index (κ2) is 6.53. The summed E-state index contributed by atoms with van der Waals surface area (Å²) in [6.07, 6.45) is 1.80. The van der Waals surface area contributed by atoms with Gasteiger partial charge in [-0.15, -0.1) is 0 Å². The molecule has 0 fully saturated rings. The molecule has 1 rings (SSSR count). The fraction of sp³-hybridized carbons (Fsp3) is 0.455. The standard InChI is InChI=1S/C11H17N3O5S/c1-3-4-12-10(15)7(2)14-20(18,19)8-5-9(11(16)17)13-6-8/h5-7,13-14H,3-4H2,1-2H3,(H,12,15)(H,16,17). The van der Waals surface area contributed by atoms with Crippen molar-refractivity contribution in [3.8, 4) is 0 Å². The summed E-state index contributed by atoms with van der Waals surface area (Å²) in [6.45, 7) is 3.74. The first-order valence-electron chi connectivity index (χ1n) is 5.99. The maximum atomic E-state index is 12.0. The zero-order valence-corrected chi connectivity index (χ0v) is 12.0. The van der Waals surface area contributed by atoms with Crippen LogP contribution in [0.4, 0.5) is 0 Å². The van der Waals surface area contributed by atoms with Gasteiger partial charge in [-0.05, 0) is 19.4 Å². The van der Waals surface area contributed by atoms with Crippen molar-refractivity contribution < 1.29 is 23.1 Å². The Morgan fingerprint density at radius 3 is 2.60 bits per heavy atom. The van der Waals surface area contributed by atoms with E-state index in [9.17, 15) is 18.0 Å². The highest BCUT2D eigenvalue weighted by Gasteiger charge is 2.23. The van der Waals surface area contributed by atoms with Gasteiger partial charge < -0.3 is 15.4 Å². The fourth-order valence-corrected chi connectivity index (χ4v) is 2.60. The van der Waals surface area contributed by atoms with Crippen LogP contribution >= 0.6 is 0 Å². The average Bonchev–Trinajstić information content (AvgIpc) is 2.85. The van der Waals surface area contributed by atoms with Gasteiger partial charge in [0.25, 0.3) is 0 Å². The number of hydrogen-bond acceptors (Lipinski definition) is 4.